The van der Waals surface area contributed by atoms with Gasteiger partial charge in [-0.2, -0.15) is 0 Å². The summed E-state index contributed by atoms with van der Waals surface area (Å²) in [6, 6.07) is -0.293. The lowest BCUT2D eigenvalue weighted by molar-refractivity contribution is -0.120. The van der Waals surface area contributed by atoms with Crippen molar-refractivity contribution in [1.82, 2.24) is 0 Å². The van der Waals surface area contributed by atoms with Crippen molar-refractivity contribution in [1.29, 1.82) is 0 Å². The number of carbonyl (C=O) groups is 1. The second-order valence-electron chi connectivity index (χ2n) is 4.93. The summed E-state index contributed by atoms with van der Waals surface area (Å²) in [6.45, 7) is 2.57. The first-order valence-electron chi connectivity index (χ1n) is 6.11. The zero-order valence-corrected chi connectivity index (χ0v) is 9.74. The molecule has 88 valence electrons. The number of nitrogens with two attached hydrogens (primary N) is 2. The van der Waals surface area contributed by atoms with Crippen LogP contribution in [0.3, 0.4) is 0 Å². The van der Waals surface area contributed by atoms with Gasteiger partial charge in [0.2, 0.25) is 0 Å². The first kappa shape index (κ1) is 12.7. The molecule has 1 aliphatic carbocycles. The van der Waals surface area contributed by atoms with Crippen LogP contribution in [0, 0.1) is 11.8 Å². The van der Waals surface area contributed by atoms with Crippen LogP contribution in [0.2, 0.25) is 0 Å². The molecular weight excluding hydrogens is 188 g/mol. The van der Waals surface area contributed by atoms with Gasteiger partial charge in [0.1, 0.15) is 5.78 Å². The molecule has 3 unspecified atom stereocenters. The van der Waals surface area contributed by atoms with E-state index >= 15 is 0 Å². The third kappa shape index (κ3) is 4.31. The number of hydrogen-bond acceptors (Lipinski definition) is 3. The Hall–Kier alpha value is -0.410. The van der Waals surface area contributed by atoms with Crippen molar-refractivity contribution in [2.24, 2.45) is 23.3 Å². The topological polar surface area (TPSA) is 69.1 Å². The van der Waals surface area contributed by atoms with Crippen molar-refractivity contribution in [3.05, 3.63) is 0 Å². The molecule has 4 N–H and O–H groups in total. The van der Waals surface area contributed by atoms with Gasteiger partial charge in [-0.3, -0.25) is 4.79 Å². The number of Topliss-reactive ketones (excluding diaryl/α,β-unsaturated/α-hetero) is 1. The minimum atomic E-state index is -0.293. The molecule has 3 heteroatoms. The van der Waals surface area contributed by atoms with Gasteiger partial charge < -0.3 is 11.5 Å². The highest BCUT2D eigenvalue weighted by Crippen LogP contribution is 2.31. The summed E-state index contributed by atoms with van der Waals surface area (Å²) in [4.78, 5) is 11.4. The van der Waals surface area contributed by atoms with Crippen molar-refractivity contribution in [2.45, 2.75) is 51.5 Å². The lowest BCUT2D eigenvalue weighted by atomic mass is 9.79. The standard InChI is InChI=1S/C12H24N2O/c1-9(14)12(15)6-5-10-3-2-4-11(7-10)8-13/h9-11H,2-8,13-14H2,1H3. The molecule has 1 saturated carbocycles. The molecule has 1 aliphatic rings. The van der Waals surface area contributed by atoms with Gasteiger partial charge in [0.05, 0.1) is 6.04 Å². The van der Waals surface area contributed by atoms with Crippen LogP contribution in [0.4, 0.5) is 0 Å². The first-order chi connectivity index (χ1) is 7.13. The average molecular weight is 212 g/mol. The normalized spacial score (nSPS) is 28.7. The van der Waals surface area contributed by atoms with Crippen LogP contribution in [0.5, 0.6) is 0 Å². The summed E-state index contributed by atoms with van der Waals surface area (Å²) in [6.07, 6.45) is 6.69. The Morgan fingerprint density at radius 1 is 1.40 bits per heavy atom. The predicted octanol–water partition coefficient (Wildman–Crippen LogP) is 1.45. The maximum absolute atomic E-state index is 11.4. The van der Waals surface area contributed by atoms with Crippen LogP contribution in [0.25, 0.3) is 0 Å². The summed E-state index contributed by atoms with van der Waals surface area (Å²) in [5, 5.41) is 0. The number of ketones is 1. The smallest absolute Gasteiger partial charge is 0.149 e. The van der Waals surface area contributed by atoms with Crippen molar-refractivity contribution >= 4 is 5.78 Å². The molecule has 0 aromatic carbocycles. The summed E-state index contributed by atoms with van der Waals surface area (Å²) in [7, 11) is 0. The van der Waals surface area contributed by atoms with Crippen molar-refractivity contribution < 1.29 is 4.79 Å². The van der Waals surface area contributed by atoms with Crippen LogP contribution in [-0.2, 0) is 4.79 Å². The maximum atomic E-state index is 11.4. The highest BCUT2D eigenvalue weighted by molar-refractivity contribution is 5.83. The lowest BCUT2D eigenvalue weighted by Crippen LogP contribution is -2.28. The molecule has 0 bridgehead atoms. The van der Waals surface area contributed by atoms with Crippen LogP contribution in [-0.4, -0.2) is 18.4 Å². The van der Waals surface area contributed by atoms with E-state index in [1.807, 2.05) is 0 Å². The molecule has 3 atom stereocenters. The summed E-state index contributed by atoms with van der Waals surface area (Å²) in [5.41, 5.74) is 11.2. The number of rotatable bonds is 5. The van der Waals surface area contributed by atoms with Crippen LogP contribution < -0.4 is 11.5 Å². The van der Waals surface area contributed by atoms with E-state index < -0.39 is 0 Å². The quantitative estimate of drug-likeness (QED) is 0.724. The van der Waals surface area contributed by atoms with Gasteiger partial charge in [-0.25, -0.2) is 0 Å². The second-order valence-corrected chi connectivity index (χ2v) is 4.93. The van der Waals surface area contributed by atoms with E-state index in [-0.39, 0.29) is 11.8 Å². The molecule has 0 aromatic heterocycles. The molecule has 0 aliphatic heterocycles. The largest absolute Gasteiger partial charge is 0.330 e. The van der Waals surface area contributed by atoms with Crippen LogP contribution in [0.15, 0.2) is 0 Å². The van der Waals surface area contributed by atoms with Crippen molar-refractivity contribution in [3.8, 4) is 0 Å². The molecular formula is C12H24N2O. The van der Waals surface area contributed by atoms with E-state index in [1.54, 1.807) is 6.92 Å². The van der Waals surface area contributed by atoms with Gasteiger partial charge >= 0.3 is 0 Å². The van der Waals surface area contributed by atoms with Gasteiger partial charge in [-0.1, -0.05) is 12.8 Å². The molecule has 15 heavy (non-hydrogen) atoms. The first-order valence-corrected chi connectivity index (χ1v) is 6.11. The zero-order valence-electron chi connectivity index (χ0n) is 9.74. The molecule has 0 radical (unpaired) electrons. The van der Waals surface area contributed by atoms with Crippen molar-refractivity contribution in [2.75, 3.05) is 6.54 Å². The van der Waals surface area contributed by atoms with E-state index in [0.717, 1.165) is 13.0 Å². The molecule has 0 heterocycles. The predicted molar refractivity (Wildman–Crippen MR) is 62.4 cm³/mol. The van der Waals surface area contributed by atoms with Gasteiger partial charge in [0.25, 0.3) is 0 Å². The average Bonchev–Trinajstić information content (AvgIpc) is 2.26. The molecule has 1 rings (SSSR count). The molecule has 0 aromatic rings. The minimum Gasteiger partial charge on any atom is -0.330 e. The highest BCUT2D eigenvalue weighted by Gasteiger charge is 2.21. The van der Waals surface area contributed by atoms with E-state index in [1.165, 1.54) is 25.7 Å². The Kier molecular flexibility index (Phi) is 5.26. The Labute approximate surface area is 92.6 Å². The fraction of sp³-hybridized carbons (Fsp3) is 0.917. The zero-order chi connectivity index (χ0) is 11.3. The van der Waals surface area contributed by atoms with E-state index in [9.17, 15) is 4.79 Å². The Bertz CT molecular complexity index is 204. The minimum absolute atomic E-state index is 0.199. The summed E-state index contributed by atoms with van der Waals surface area (Å²) >= 11 is 0. The van der Waals surface area contributed by atoms with Gasteiger partial charge in [-0.05, 0) is 44.6 Å². The molecule has 3 nitrogen and oxygen atoms in total. The number of carbonyl (C=O) groups excluding carboxylic acids is 1. The molecule has 0 spiro atoms. The van der Waals surface area contributed by atoms with Crippen LogP contribution >= 0.6 is 0 Å². The number of hydrogen-bond donors (Lipinski definition) is 2. The van der Waals surface area contributed by atoms with Gasteiger partial charge in [-0.15, -0.1) is 0 Å². The third-order valence-electron chi connectivity index (χ3n) is 3.53. The lowest BCUT2D eigenvalue weighted by Gasteiger charge is -2.28. The fourth-order valence-corrected chi connectivity index (χ4v) is 2.45. The van der Waals surface area contributed by atoms with Crippen molar-refractivity contribution in [3.63, 3.8) is 0 Å². The Morgan fingerprint density at radius 2 is 2.07 bits per heavy atom. The highest BCUT2D eigenvalue weighted by atomic mass is 16.1. The molecule has 0 amide bonds. The third-order valence-corrected chi connectivity index (χ3v) is 3.53. The second kappa shape index (κ2) is 6.23. The van der Waals surface area contributed by atoms with Crippen LogP contribution in [0.1, 0.15) is 45.4 Å². The fourth-order valence-electron chi connectivity index (χ4n) is 2.45. The van der Waals surface area contributed by atoms with E-state index in [4.69, 9.17) is 11.5 Å². The maximum Gasteiger partial charge on any atom is 0.149 e. The Morgan fingerprint density at radius 3 is 2.67 bits per heavy atom. The van der Waals surface area contributed by atoms with Gasteiger partial charge in [0.15, 0.2) is 0 Å². The molecule has 0 saturated heterocycles. The summed E-state index contributed by atoms with van der Waals surface area (Å²) in [5.74, 6) is 1.59. The molecule has 1 fully saturated rings. The van der Waals surface area contributed by atoms with E-state index in [2.05, 4.69) is 0 Å². The van der Waals surface area contributed by atoms with E-state index in [0.29, 0.717) is 18.3 Å². The Balaban J connectivity index is 2.23. The SMILES string of the molecule is CC(N)C(=O)CCC1CCCC(CN)C1. The summed E-state index contributed by atoms with van der Waals surface area (Å²) < 4.78 is 0. The monoisotopic (exact) mass is 212 g/mol. The van der Waals surface area contributed by atoms with Gasteiger partial charge in [0, 0.05) is 6.42 Å².